The smallest absolute Gasteiger partial charge is 0.163 e. The van der Waals surface area contributed by atoms with Crippen LogP contribution < -0.4 is 5.32 Å². The normalized spacial score (nSPS) is 12.9. The zero-order chi connectivity index (χ0) is 10.7. The van der Waals surface area contributed by atoms with Gasteiger partial charge in [-0.25, -0.2) is 13.2 Å². The summed E-state index contributed by atoms with van der Waals surface area (Å²) in [5, 5.41) is 2.69. The fourth-order valence-electron chi connectivity index (χ4n) is 1.22. The lowest BCUT2D eigenvalue weighted by atomic mass is 10.1. The van der Waals surface area contributed by atoms with Crippen LogP contribution in [0.15, 0.2) is 12.1 Å². The summed E-state index contributed by atoms with van der Waals surface area (Å²) in [6.45, 7) is 1.47. The third-order valence-corrected chi connectivity index (χ3v) is 1.95. The SMILES string of the molecule is CNCc1cc(C(C)F)cc(F)c1F. The lowest BCUT2D eigenvalue weighted by Gasteiger charge is -2.08. The number of rotatable bonds is 3. The molecule has 0 saturated heterocycles. The highest BCUT2D eigenvalue weighted by molar-refractivity contribution is 5.27. The Morgan fingerprint density at radius 3 is 2.50 bits per heavy atom. The molecule has 0 saturated carbocycles. The second kappa shape index (κ2) is 4.46. The number of hydrogen-bond acceptors (Lipinski definition) is 1. The average Bonchev–Trinajstić information content (AvgIpc) is 2.12. The van der Waals surface area contributed by atoms with Crippen LogP contribution in [0.4, 0.5) is 13.2 Å². The summed E-state index contributed by atoms with van der Waals surface area (Å²) in [6.07, 6.45) is -1.29. The second-order valence-electron chi connectivity index (χ2n) is 3.12. The van der Waals surface area contributed by atoms with Crippen molar-refractivity contribution in [2.24, 2.45) is 0 Å². The quantitative estimate of drug-likeness (QED) is 0.796. The molecule has 0 fully saturated rings. The number of halogens is 3. The first-order valence-electron chi connectivity index (χ1n) is 4.32. The van der Waals surface area contributed by atoms with Gasteiger partial charge >= 0.3 is 0 Å². The maximum atomic E-state index is 13.1. The molecule has 1 N–H and O–H groups in total. The van der Waals surface area contributed by atoms with Crippen molar-refractivity contribution in [1.82, 2.24) is 5.32 Å². The number of nitrogens with one attached hydrogen (secondary N) is 1. The van der Waals surface area contributed by atoms with Crippen molar-refractivity contribution in [1.29, 1.82) is 0 Å². The Balaban J connectivity index is 3.14. The van der Waals surface area contributed by atoms with Gasteiger partial charge in [0.1, 0.15) is 6.17 Å². The van der Waals surface area contributed by atoms with E-state index in [0.717, 1.165) is 6.07 Å². The molecule has 0 aromatic heterocycles. The van der Waals surface area contributed by atoms with Gasteiger partial charge in [0.15, 0.2) is 11.6 Å². The maximum absolute atomic E-state index is 13.1. The molecule has 0 radical (unpaired) electrons. The summed E-state index contributed by atoms with van der Waals surface area (Å²) in [4.78, 5) is 0. The van der Waals surface area contributed by atoms with Gasteiger partial charge in [0.05, 0.1) is 0 Å². The molecule has 4 heteroatoms. The van der Waals surface area contributed by atoms with E-state index in [-0.39, 0.29) is 17.7 Å². The van der Waals surface area contributed by atoms with Crippen LogP contribution in [-0.4, -0.2) is 7.05 Å². The van der Waals surface area contributed by atoms with Crippen molar-refractivity contribution in [3.63, 3.8) is 0 Å². The molecule has 0 aliphatic heterocycles. The molecular formula is C10H12F3N. The van der Waals surface area contributed by atoms with Crippen LogP contribution >= 0.6 is 0 Å². The van der Waals surface area contributed by atoms with Gasteiger partial charge in [-0.05, 0) is 31.7 Å². The summed E-state index contributed by atoms with van der Waals surface area (Å²) < 4.78 is 38.9. The third kappa shape index (κ3) is 2.26. The second-order valence-corrected chi connectivity index (χ2v) is 3.12. The topological polar surface area (TPSA) is 12.0 Å². The molecule has 1 aromatic carbocycles. The van der Waals surface area contributed by atoms with Crippen LogP contribution in [0.1, 0.15) is 24.2 Å². The predicted octanol–water partition coefficient (Wildman–Crippen LogP) is 2.71. The van der Waals surface area contributed by atoms with Gasteiger partial charge in [-0.3, -0.25) is 0 Å². The van der Waals surface area contributed by atoms with Gasteiger partial charge in [0.2, 0.25) is 0 Å². The predicted molar refractivity (Wildman–Crippen MR) is 48.6 cm³/mol. The van der Waals surface area contributed by atoms with Crippen molar-refractivity contribution >= 4 is 0 Å². The molecule has 0 amide bonds. The van der Waals surface area contributed by atoms with E-state index < -0.39 is 17.8 Å². The minimum Gasteiger partial charge on any atom is -0.316 e. The van der Waals surface area contributed by atoms with E-state index in [4.69, 9.17) is 0 Å². The minimum absolute atomic E-state index is 0.145. The van der Waals surface area contributed by atoms with Crippen LogP contribution in [0.5, 0.6) is 0 Å². The zero-order valence-corrected chi connectivity index (χ0v) is 8.07. The summed E-state index contributed by atoms with van der Waals surface area (Å²) in [6, 6.07) is 2.22. The molecule has 1 atom stereocenters. The molecule has 0 spiro atoms. The Morgan fingerprint density at radius 1 is 1.36 bits per heavy atom. The van der Waals surface area contributed by atoms with Crippen LogP contribution in [0.3, 0.4) is 0 Å². The van der Waals surface area contributed by atoms with Gasteiger partial charge in [0.25, 0.3) is 0 Å². The summed E-state index contributed by atoms with van der Waals surface area (Å²) in [7, 11) is 1.61. The van der Waals surface area contributed by atoms with E-state index in [0.29, 0.717) is 0 Å². The molecule has 1 unspecified atom stereocenters. The zero-order valence-electron chi connectivity index (χ0n) is 8.07. The molecule has 1 rings (SSSR count). The largest absolute Gasteiger partial charge is 0.316 e. The fourth-order valence-corrected chi connectivity index (χ4v) is 1.22. The van der Waals surface area contributed by atoms with Crippen molar-refractivity contribution in [3.05, 3.63) is 34.9 Å². The molecule has 0 bridgehead atoms. The maximum Gasteiger partial charge on any atom is 0.163 e. The Labute approximate surface area is 80.9 Å². The highest BCUT2D eigenvalue weighted by atomic mass is 19.2. The third-order valence-electron chi connectivity index (χ3n) is 1.95. The Bertz CT molecular complexity index is 323. The van der Waals surface area contributed by atoms with Gasteiger partial charge < -0.3 is 5.32 Å². The standard InChI is InChI=1S/C10H12F3N/c1-6(11)7-3-8(5-14-2)10(13)9(12)4-7/h3-4,6,14H,5H2,1-2H3. The van der Waals surface area contributed by atoms with E-state index >= 15 is 0 Å². The van der Waals surface area contributed by atoms with Crippen molar-refractivity contribution < 1.29 is 13.2 Å². The Hall–Kier alpha value is -1.03. The van der Waals surface area contributed by atoms with E-state index in [2.05, 4.69) is 5.32 Å². The summed E-state index contributed by atoms with van der Waals surface area (Å²) >= 11 is 0. The van der Waals surface area contributed by atoms with E-state index in [1.807, 2.05) is 0 Å². The van der Waals surface area contributed by atoms with E-state index in [1.54, 1.807) is 7.05 Å². The van der Waals surface area contributed by atoms with Crippen LogP contribution in [0, 0.1) is 11.6 Å². The number of benzene rings is 1. The van der Waals surface area contributed by atoms with Crippen LogP contribution in [-0.2, 0) is 6.54 Å². The van der Waals surface area contributed by atoms with E-state index in [1.165, 1.54) is 13.0 Å². The molecule has 0 aliphatic carbocycles. The minimum atomic E-state index is -1.29. The van der Waals surface area contributed by atoms with Crippen LogP contribution in [0.2, 0.25) is 0 Å². The van der Waals surface area contributed by atoms with Crippen molar-refractivity contribution in [2.45, 2.75) is 19.6 Å². The Morgan fingerprint density at radius 2 is 2.00 bits per heavy atom. The molecule has 1 nitrogen and oxygen atoms in total. The first-order chi connectivity index (χ1) is 6.56. The van der Waals surface area contributed by atoms with Crippen LogP contribution in [0.25, 0.3) is 0 Å². The monoisotopic (exact) mass is 203 g/mol. The summed E-state index contributed by atoms with van der Waals surface area (Å²) in [5.74, 6) is -1.92. The van der Waals surface area contributed by atoms with Gasteiger partial charge in [-0.1, -0.05) is 0 Å². The fraction of sp³-hybridized carbons (Fsp3) is 0.400. The van der Waals surface area contributed by atoms with E-state index in [9.17, 15) is 13.2 Å². The van der Waals surface area contributed by atoms with Crippen molar-refractivity contribution in [3.8, 4) is 0 Å². The van der Waals surface area contributed by atoms with Crippen molar-refractivity contribution in [2.75, 3.05) is 7.05 Å². The first kappa shape index (κ1) is 11.0. The average molecular weight is 203 g/mol. The number of hydrogen-bond donors (Lipinski definition) is 1. The highest BCUT2D eigenvalue weighted by Crippen LogP contribution is 2.22. The molecule has 78 valence electrons. The molecule has 1 aromatic rings. The first-order valence-corrected chi connectivity index (χ1v) is 4.32. The lowest BCUT2D eigenvalue weighted by molar-refractivity contribution is 0.370. The van der Waals surface area contributed by atoms with Gasteiger partial charge in [-0.15, -0.1) is 0 Å². The Kier molecular flexibility index (Phi) is 3.52. The van der Waals surface area contributed by atoms with Gasteiger partial charge in [0, 0.05) is 12.1 Å². The lowest BCUT2D eigenvalue weighted by Crippen LogP contribution is -2.09. The van der Waals surface area contributed by atoms with Gasteiger partial charge in [-0.2, -0.15) is 0 Å². The molecule has 0 heterocycles. The number of alkyl halides is 1. The molecular weight excluding hydrogens is 191 g/mol. The molecule has 14 heavy (non-hydrogen) atoms. The highest BCUT2D eigenvalue weighted by Gasteiger charge is 2.13. The molecule has 0 aliphatic rings. The summed E-state index contributed by atoms with van der Waals surface area (Å²) in [5.41, 5.74) is 0.307.